The van der Waals surface area contributed by atoms with E-state index in [1.165, 1.54) is 6.07 Å². The van der Waals surface area contributed by atoms with Crippen molar-refractivity contribution in [3.05, 3.63) is 56.4 Å². The van der Waals surface area contributed by atoms with Crippen molar-refractivity contribution in [2.75, 3.05) is 5.32 Å². The molecule has 0 bridgehead atoms. The van der Waals surface area contributed by atoms with Crippen molar-refractivity contribution >= 4 is 27.4 Å². The van der Waals surface area contributed by atoms with E-state index in [0.29, 0.717) is 22.5 Å². The number of benzene rings is 1. The van der Waals surface area contributed by atoms with Crippen LogP contribution in [0.1, 0.15) is 31.2 Å². The van der Waals surface area contributed by atoms with E-state index in [4.69, 9.17) is 0 Å². The van der Waals surface area contributed by atoms with Crippen LogP contribution >= 0.6 is 15.9 Å². The highest BCUT2D eigenvalue weighted by Crippen LogP contribution is 2.21. The molecule has 1 aromatic heterocycles. The van der Waals surface area contributed by atoms with Gasteiger partial charge in [-0.2, -0.15) is 0 Å². The number of anilines is 1. The number of hydrogen-bond acceptors (Lipinski definition) is 5. The summed E-state index contributed by atoms with van der Waals surface area (Å²) >= 11 is 3.35. The first-order valence-electron chi connectivity index (χ1n) is 6.48. The molecule has 0 aliphatic rings. The Kier molecular flexibility index (Phi) is 4.85. The standard InChI is InChI=1S/C14H15BrN4O2/c1-9(2)14-17-12(15)7-13(18-14)16-8-10-5-3-4-6-11(10)19(20)21/h3-7,9H,8H2,1-2H3,(H,16,17,18). The number of rotatable bonds is 5. The van der Waals surface area contributed by atoms with E-state index in [1.807, 2.05) is 13.8 Å². The molecule has 0 unspecified atom stereocenters. The number of hydrogen-bond donors (Lipinski definition) is 1. The van der Waals surface area contributed by atoms with E-state index in [9.17, 15) is 10.1 Å². The topological polar surface area (TPSA) is 81.0 Å². The summed E-state index contributed by atoms with van der Waals surface area (Å²) in [5.41, 5.74) is 0.713. The highest BCUT2D eigenvalue weighted by Gasteiger charge is 2.12. The lowest BCUT2D eigenvalue weighted by Crippen LogP contribution is -2.07. The molecule has 0 atom stereocenters. The van der Waals surface area contributed by atoms with Gasteiger partial charge in [-0.3, -0.25) is 10.1 Å². The number of para-hydroxylation sites is 1. The third-order valence-corrected chi connectivity index (χ3v) is 3.28. The van der Waals surface area contributed by atoms with E-state index in [2.05, 4.69) is 31.2 Å². The van der Waals surface area contributed by atoms with Gasteiger partial charge < -0.3 is 5.32 Å². The molecule has 0 saturated carbocycles. The lowest BCUT2D eigenvalue weighted by atomic mass is 10.2. The van der Waals surface area contributed by atoms with E-state index >= 15 is 0 Å². The third kappa shape index (κ3) is 3.98. The molecule has 0 fully saturated rings. The average Bonchev–Trinajstić information content (AvgIpc) is 2.44. The molecule has 2 aromatic rings. The van der Waals surface area contributed by atoms with Gasteiger partial charge in [0.15, 0.2) is 0 Å². The molecule has 0 aliphatic carbocycles. The summed E-state index contributed by atoms with van der Waals surface area (Å²) in [6.45, 7) is 4.35. The zero-order chi connectivity index (χ0) is 15.4. The second-order valence-corrected chi connectivity index (χ2v) is 5.64. The quantitative estimate of drug-likeness (QED) is 0.502. The Balaban J connectivity index is 2.19. The molecule has 2 rings (SSSR count). The maximum atomic E-state index is 11.0. The molecular formula is C14H15BrN4O2. The van der Waals surface area contributed by atoms with E-state index in [0.717, 1.165) is 5.82 Å². The average molecular weight is 351 g/mol. The van der Waals surface area contributed by atoms with Gasteiger partial charge in [-0.1, -0.05) is 32.0 Å². The minimum Gasteiger partial charge on any atom is -0.366 e. The molecule has 7 heteroatoms. The van der Waals surface area contributed by atoms with Crippen molar-refractivity contribution in [2.45, 2.75) is 26.3 Å². The van der Waals surface area contributed by atoms with Crippen molar-refractivity contribution in [1.29, 1.82) is 0 Å². The van der Waals surface area contributed by atoms with Gasteiger partial charge in [0.25, 0.3) is 5.69 Å². The van der Waals surface area contributed by atoms with Crippen LogP contribution in [0.3, 0.4) is 0 Å². The minimum absolute atomic E-state index is 0.0993. The summed E-state index contributed by atoms with van der Waals surface area (Å²) < 4.78 is 0.686. The lowest BCUT2D eigenvalue weighted by molar-refractivity contribution is -0.385. The third-order valence-electron chi connectivity index (χ3n) is 2.88. The Hall–Kier alpha value is -2.02. The molecule has 0 saturated heterocycles. The largest absolute Gasteiger partial charge is 0.366 e. The molecule has 1 aromatic carbocycles. The fourth-order valence-corrected chi connectivity index (χ4v) is 2.21. The second-order valence-electron chi connectivity index (χ2n) is 4.83. The van der Waals surface area contributed by atoms with Crippen LogP contribution in [-0.2, 0) is 6.54 Å². The van der Waals surface area contributed by atoms with E-state index in [-0.39, 0.29) is 16.5 Å². The van der Waals surface area contributed by atoms with Crippen LogP contribution in [0.4, 0.5) is 11.5 Å². The zero-order valence-corrected chi connectivity index (χ0v) is 13.3. The first kappa shape index (κ1) is 15.4. The highest BCUT2D eigenvalue weighted by atomic mass is 79.9. The SMILES string of the molecule is CC(C)c1nc(Br)cc(NCc2ccccc2[N+](=O)[O-])n1. The van der Waals surface area contributed by atoms with Gasteiger partial charge in [0.05, 0.1) is 4.92 Å². The first-order valence-corrected chi connectivity index (χ1v) is 7.27. The summed E-state index contributed by atoms with van der Waals surface area (Å²) in [5, 5.41) is 14.1. The molecule has 0 amide bonds. The highest BCUT2D eigenvalue weighted by molar-refractivity contribution is 9.10. The van der Waals surface area contributed by atoms with Crippen molar-refractivity contribution in [3.8, 4) is 0 Å². The summed E-state index contributed by atoms with van der Waals surface area (Å²) in [6.07, 6.45) is 0. The Bertz CT molecular complexity index is 661. The summed E-state index contributed by atoms with van der Waals surface area (Å²) in [4.78, 5) is 19.3. The number of nitro benzene ring substituents is 1. The van der Waals surface area contributed by atoms with Gasteiger partial charge in [0, 0.05) is 30.2 Å². The Morgan fingerprint density at radius 1 is 1.33 bits per heavy atom. The van der Waals surface area contributed by atoms with Crippen LogP contribution in [0.25, 0.3) is 0 Å². The van der Waals surface area contributed by atoms with Crippen molar-refractivity contribution in [3.63, 3.8) is 0 Å². The van der Waals surface area contributed by atoms with Crippen molar-refractivity contribution in [2.24, 2.45) is 0 Å². The van der Waals surface area contributed by atoms with Gasteiger partial charge in [-0.25, -0.2) is 9.97 Å². The maximum absolute atomic E-state index is 11.0. The zero-order valence-electron chi connectivity index (χ0n) is 11.7. The first-order chi connectivity index (χ1) is 9.97. The predicted molar refractivity (Wildman–Crippen MR) is 84.2 cm³/mol. The number of nitrogens with one attached hydrogen (secondary N) is 1. The number of halogens is 1. The molecular weight excluding hydrogens is 336 g/mol. The Morgan fingerprint density at radius 2 is 2.05 bits per heavy atom. The molecule has 21 heavy (non-hydrogen) atoms. The molecule has 0 spiro atoms. The minimum atomic E-state index is -0.382. The normalized spacial score (nSPS) is 10.7. The fraction of sp³-hybridized carbons (Fsp3) is 0.286. The smallest absolute Gasteiger partial charge is 0.274 e. The molecule has 1 N–H and O–H groups in total. The Morgan fingerprint density at radius 3 is 2.71 bits per heavy atom. The van der Waals surface area contributed by atoms with Crippen LogP contribution in [0.15, 0.2) is 34.9 Å². The second kappa shape index (κ2) is 6.62. The van der Waals surface area contributed by atoms with Gasteiger partial charge in [-0.15, -0.1) is 0 Å². The van der Waals surface area contributed by atoms with Crippen molar-refractivity contribution in [1.82, 2.24) is 9.97 Å². The summed E-state index contributed by atoms with van der Waals surface area (Å²) in [6, 6.07) is 8.40. The molecule has 0 radical (unpaired) electrons. The monoisotopic (exact) mass is 350 g/mol. The van der Waals surface area contributed by atoms with Gasteiger partial charge >= 0.3 is 0 Å². The molecule has 6 nitrogen and oxygen atoms in total. The number of nitrogens with zero attached hydrogens (tertiary/aromatic N) is 3. The number of nitro groups is 1. The number of aromatic nitrogens is 2. The maximum Gasteiger partial charge on any atom is 0.274 e. The van der Waals surface area contributed by atoms with Crippen LogP contribution in [0, 0.1) is 10.1 Å². The predicted octanol–water partition coefficient (Wildman–Crippen LogP) is 3.88. The Labute approximate surface area is 130 Å². The van der Waals surface area contributed by atoms with Crippen LogP contribution < -0.4 is 5.32 Å². The van der Waals surface area contributed by atoms with Crippen molar-refractivity contribution < 1.29 is 4.92 Å². The van der Waals surface area contributed by atoms with Crippen LogP contribution in [-0.4, -0.2) is 14.9 Å². The molecule has 1 heterocycles. The van der Waals surface area contributed by atoms with E-state index < -0.39 is 0 Å². The molecule has 110 valence electrons. The van der Waals surface area contributed by atoms with E-state index in [1.54, 1.807) is 24.3 Å². The fourth-order valence-electron chi connectivity index (χ4n) is 1.81. The summed E-state index contributed by atoms with van der Waals surface area (Å²) in [5.74, 6) is 1.56. The van der Waals surface area contributed by atoms with Crippen LogP contribution in [0.5, 0.6) is 0 Å². The van der Waals surface area contributed by atoms with Crippen LogP contribution in [0.2, 0.25) is 0 Å². The van der Waals surface area contributed by atoms with Gasteiger partial charge in [-0.05, 0) is 15.9 Å². The summed E-state index contributed by atoms with van der Waals surface area (Å²) in [7, 11) is 0. The van der Waals surface area contributed by atoms with Gasteiger partial charge in [0.1, 0.15) is 16.2 Å². The van der Waals surface area contributed by atoms with Gasteiger partial charge in [0.2, 0.25) is 0 Å². The lowest BCUT2D eigenvalue weighted by Gasteiger charge is -2.10. The molecule has 0 aliphatic heterocycles.